The normalized spacial score (nSPS) is 13.2. The van der Waals surface area contributed by atoms with Crippen LogP contribution in [-0.4, -0.2) is 60.1 Å². The van der Waals surface area contributed by atoms with E-state index in [1.165, 1.54) is 45.4 Å². The number of aliphatic hydroxyl groups excluding tert-OH is 1. The second-order valence-electron chi connectivity index (χ2n) is 20.1. The van der Waals surface area contributed by atoms with Crippen molar-refractivity contribution in [3.8, 4) is 5.75 Å². The molecular weight excluding hydrogens is 981 g/mol. The molecule has 0 fully saturated rings. The smallest absolute Gasteiger partial charge is 0.350 e. The molecule has 6 aromatic carbocycles. The molecule has 0 amide bonds. The maximum Gasteiger partial charge on any atom is 0.350 e. The molecule has 6 aromatic rings. The van der Waals surface area contributed by atoms with Crippen molar-refractivity contribution in [2.75, 3.05) is 6.61 Å². The van der Waals surface area contributed by atoms with Crippen LogP contribution in [0.5, 0.6) is 5.75 Å². The summed E-state index contributed by atoms with van der Waals surface area (Å²) < 4.78 is 42.5. The highest BCUT2D eigenvalue weighted by Gasteiger charge is 2.43. The maximum absolute atomic E-state index is 14.1. The van der Waals surface area contributed by atoms with Gasteiger partial charge in [-0.2, -0.15) is 0 Å². The number of hydrogen-bond donors (Lipinski definition) is 1. The Balaban J connectivity index is 0.894. The summed E-state index contributed by atoms with van der Waals surface area (Å²) in [6.07, 6.45) is 10.5. The van der Waals surface area contributed by atoms with Crippen LogP contribution in [-0.2, 0) is 77.5 Å². The Morgan fingerprint density at radius 3 is 1.40 bits per heavy atom. The van der Waals surface area contributed by atoms with Gasteiger partial charge in [0.25, 0.3) is 0 Å². The highest BCUT2D eigenvalue weighted by molar-refractivity contribution is 5.94. The van der Waals surface area contributed by atoms with Crippen molar-refractivity contribution in [1.29, 1.82) is 0 Å². The van der Waals surface area contributed by atoms with Crippen molar-refractivity contribution in [3.05, 3.63) is 209 Å². The Kier molecular flexibility index (Phi) is 27.7. The number of aryl methyl sites for hydroxylation is 1. The van der Waals surface area contributed by atoms with Gasteiger partial charge in [0.1, 0.15) is 42.8 Å². The van der Waals surface area contributed by atoms with E-state index in [-0.39, 0.29) is 39.0 Å². The predicted molar refractivity (Wildman–Crippen MR) is 304 cm³/mol. The van der Waals surface area contributed by atoms with Crippen molar-refractivity contribution in [1.82, 2.24) is 0 Å². The summed E-state index contributed by atoms with van der Waals surface area (Å²) in [7, 11) is 0. The van der Waals surface area contributed by atoms with Crippen LogP contribution >= 0.6 is 0 Å². The number of benzene rings is 6. The minimum atomic E-state index is -1.53. The molecule has 0 heterocycles. The van der Waals surface area contributed by atoms with Gasteiger partial charge in [-0.05, 0) is 72.1 Å². The van der Waals surface area contributed by atoms with Gasteiger partial charge in [-0.3, -0.25) is 4.79 Å². The lowest BCUT2D eigenvalue weighted by molar-refractivity contribution is -0.205. The molecule has 416 valence electrons. The fourth-order valence-corrected chi connectivity index (χ4v) is 9.39. The first-order valence-corrected chi connectivity index (χ1v) is 28.2. The quantitative estimate of drug-likeness (QED) is 0.0225. The lowest BCUT2D eigenvalue weighted by Crippen LogP contribution is -2.53. The topological polar surface area (TPSA) is 136 Å². The van der Waals surface area contributed by atoms with Gasteiger partial charge in [0.05, 0.1) is 32.5 Å². The molecule has 1 N–H and O–H groups in total. The second-order valence-corrected chi connectivity index (χ2v) is 20.1. The molecule has 6 rings (SSSR count). The summed E-state index contributed by atoms with van der Waals surface area (Å²) in [5.41, 5.74) is 6.07. The molecular formula is C67H82O11. The highest BCUT2D eigenvalue weighted by atomic mass is 16.6. The molecule has 5 atom stereocenters. The number of rotatable bonds is 38. The van der Waals surface area contributed by atoms with Crippen LogP contribution in [0.3, 0.4) is 0 Å². The molecule has 0 aliphatic rings. The first-order chi connectivity index (χ1) is 38.2. The van der Waals surface area contributed by atoms with Crippen LogP contribution in [0.1, 0.15) is 147 Å². The SMILES string of the molecule is CC(=O)O[C@H](C(=O)O[C@H](C)CCCCCCCCCCCCCCCc1cccc(OCc2ccccc2)c1C(=O)OCc1ccccc1)[C@@H](OCc1ccccc1)[C@H](OCc1ccccc1)[C@H](O)COCc1ccccc1. The van der Waals surface area contributed by atoms with E-state index in [1.54, 1.807) is 0 Å². The molecule has 11 nitrogen and oxygen atoms in total. The zero-order valence-corrected chi connectivity index (χ0v) is 45.9. The molecule has 0 saturated heterocycles. The molecule has 0 aliphatic carbocycles. The molecule has 0 aliphatic heterocycles. The Bertz CT molecular complexity index is 2560. The zero-order valence-electron chi connectivity index (χ0n) is 45.9. The van der Waals surface area contributed by atoms with E-state index in [0.29, 0.717) is 24.3 Å². The molecule has 0 saturated carbocycles. The Labute approximate surface area is 463 Å². The number of unbranched alkanes of at least 4 members (excludes halogenated alkanes) is 12. The van der Waals surface area contributed by atoms with Crippen LogP contribution in [0.15, 0.2) is 170 Å². The minimum Gasteiger partial charge on any atom is -0.488 e. The van der Waals surface area contributed by atoms with Crippen LogP contribution < -0.4 is 4.74 Å². The molecule has 0 spiro atoms. The van der Waals surface area contributed by atoms with E-state index in [2.05, 4.69) is 0 Å². The van der Waals surface area contributed by atoms with Gasteiger partial charge in [-0.25, -0.2) is 9.59 Å². The largest absolute Gasteiger partial charge is 0.488 e. The number of hydrogen-bond acceptors (Lipinski definition) is 11. The standard InChI is InChI=1S/C67H82O11/c1-52(77-67(71)65(78-53(2)68)64(75-49-57-39-26-17-27-40-57)63(74-48-56-37-24-16-25-38-56)60(69)51-72-46-54-33-20-14-21-34-54)32-19-12-10-8-6-4-3-5-7-9-11-13-30-43-59-44-31-45-61(73-47-55-35-22-15-23-36-55)62(59)66(70)76-50-58-41-28-18-29-42-58/h14-18,20-29,31,33-42,44-45,52,60,63-65,69H,3-13,19,30,32,43,46-51H2,1-2H3/t52-,60-,63-,64+,65+/m1/s1. The van der Waals surface area contributed by atoms with Crippen molar-refractivity contribution < 1.29 is 52.6 Å². The number of esters is 3. The lowest BCUT2D eigenvalue weighted by Gasteiger charge is -2.35. The first-order valence-electron chi connectivity index (χ1n) is 28.2. The number of ether oxygens (including phenoxy) is 7. The minimum absolute atomic E-state index is 0.0546. The lowest BCUT2D eigenvalue weighted by atomic mass is 9.99. The second kappa shape index (κ2) is 35.7. The molecule has 0 radical (unpaired) electrons. The third kappa shape index (κ3) is 22.8. The number of carbonyl (C=O) groups excluding carboxylic acids is 3. The van der Waals surface area contributed by atoms with Crippen molar-refractivity contribution in [2.24, 2.45) is 0 Å². The predicted octanol–water partition coefficient (Wildman–Crippen LogP) is 14.2. The van der Waals surface area contributed by atoms with Gasteiger partial charge in [0.15, 0.2) is 0 Å². The fourth-order valence-electron chi connectivity index (χ4n) is 9.39. The van der Waals surface area contributed by atoms with E-state index in [0.717, 1.165) is 84.7 Å². The van der Waals surface area contributed by atoms with Crippen molar-refractivity contribution in [2.45, 2.75) is 174 Å². The maximum atomic E-state index is 14.1. The molecule has 0 aromatic heterocycles. The van der Waals surface area contributed by atoms with Gasteiger partial charge < -0.3 is 38.3 Å². The Hall–Kier alpha value is -6.63. The van der Waals surface area contributed by atoms with Gasteiger partial charge in [0, 0.05) is 6.92 Å². The Morgan fingerprint density at radius 2 is 0.897 bits per heavy atom. The zero-order chi connectivity index (χ0) is 54.8. The van der Waals surface area contributed by atoms with E-state index < -0.39 is 42.5 Å². The summed E-state index contributed by atoms with van der Waals surface area (Å²) in [5, 5.41) is 11.8. The molecule has 78 heavy (non-hydrogen) atoms. The monoisotopic (exact) mass is 1060 g/mol. The van der Waals surface area contributed by atoms with Gasteiger partial charge >= 0.3 is 17.9 Å². The van der Waals surface area contributed by atoms with Gasteiger partial charge in [-0.15, -0.1) is 0 Å². The number of aliphatic hydroxyl groups is 1. The third-order valence-corrected chi connectivity index (χ3v) is 13.6. The molecule has 11 heteroatoms. The first kappa shape index (κ1) is 60.6. The van der Waals surface area contributed by atoms with Crippen LogP contribution in [0.2, 0.25) is 0 Å². The average molecular weight is 1060 g/mol. The summed E-state index contributed by atoms with van der Waals surface area (Å²) >= 11 is 0. The molecule has 0 bridgehead atoms. The summed E-state index contributed by atoms with van der Waals surface area (Å²) in [6.45, 7) is 3.93. The third-order valence-electron chi connectivity index (χ3n) is 13.6. The van der Waals surface area contributed by atoms with Crippen molar-refractivity contribution >= 4 is 17.9 Å². The highest BCUT2D eigenvalue weighted by Crippen LogP contribution is 2.28. The van der Waals surface area contributed by atoms with E-state index in [1.807, 2.05) is 177 Å². The van der Waals surface area contributed by atoms with Gasteiger partial charge in [-0.1, -0.05) is 234 Å². The van der Waals surface area contributed by atoms with Crippen molar-refractivity contribution in [3.63, 3.8) is 0 Å². The average Bonchev–Trinajstić information content (AvgIpc) is 3.47. The van der Waals surface area contributed by atoms with Gasteiger partial charge in [0.2, 0.25) is 6.10 Å². The van der Waals surface area contributed by atoms with Crippen LogP contribution in [0.4, 0.5) is 0 Å². The summed E-state index contributed by atoms with van der Waals surface area (Å²) in [4.78, 5) is 40.4. The van der Waals surface area contributed by atoms with E-state index in [4.69, 9.17) is 33.2 Å². The Morgan fingerprint density at radius 1 is 0.462 bits per heavy atom. The van der Waals surface area contributed by atoms with Crippen LogP contribution in [0.25, 0.3) is 0 Å². The van der Waals surface area contributed by atoms with E-state index in [9.17, 15) is 19.5 Å². The van der Waals surface area contributed by atoms with Crippen LogP contribution in [0, 0.1) is 0 Å². The van der Waals surface area contributed by atoms with E-state index >= 15 is 0 Å². The fraction of sp³-hybridized carbons (Fsp3) is 0.418. The summed E-state index contributed by atoms with van der Waals surface area (Å²) in [6, 6.07) is 54.1. The summed E-state index contributed by atoms with van der Waals surface area (Å²) in [5.74, 6) is -1.26. The molecule has 0 unspecified atom stereocenters. The number of carbonyl (C=O) groups is 3.